The molecule has 0 aromatic rings. The highest BCUT2D eigenvalue weighted by Gasteiger charge is 2.24. The number of hydrogen-bond acceptors (Lipinski definition) is 3. The summed E-state index contributed by atoms with van der Waals surface area (Å²) in [6, 6.07) is 0. The van der Waals surface area contributed by atoms with Gasteiger partial charge < -0.3 is 5.32 Å². The number of hydrogen-bond donors (Lipinski definition) is 1. The second kappa shape index (κ2) is 6.67. The van der Waals surface area contributed by atoms with Crippen molar-refractivity contribution < 1.29 is 0 Å². The van der Waals surface area contributed by atoms with E-state index in [-0.39, 0.29) is 0 Å². The summed E-state index contributed by atoms with van der Waals surface area (Å²) in [5.41, 5.74) is 0. The van der Waals surface area contributed by atoms with Crippen LogP contribution in [0.15, 0.2) is 4.99 Å². The predicted octanol–water partition coefficient (Wildman–Crippen LogP) is 3.63. The van der Waals surface area contributed by atoms with Gasteiger partial charge >= 0.3 is 0 Å². The molecular weight excluding hydrogens is 228 g/mol. The minimum absolute atomic E-state index is 0.675. The molecule has 1 atom stereocenters. The second-order valence-electron chi connectivity index (χ2n) is 6.08. The van der Waals surface area contributed by atoms with Crippen molar-refractivity contribution in [1.29, 1.82) is 0 Å². The van der Waals surface area contributed by atoms with Gasteiger partial charge in [-0.3, -0.25) is 4.99 Å². The first-order valence-electron chi connectivity index (χ1n) is 6.86. The SMILES string of the molecule is CC(C)C1CN=C(NCC(C(C)C)C(C)C)S1. The molecular formula is C14H28N2S. The van der Waals surface area contributed by atoms with Gasteiger partial charge in [-0.15, -0.1) is 0 Å². The van der Waals surface area contributed by atoms with Gasteiger partial charge in [-0.1, -0.05) is 53.3 Å². The fourth-order valence-corrected chi connectivity index (χ4v) is 3.31. The first kappa shape index (κ1) is 14.9. The molecule has 0 aliphatic carbocycles. The molecule has 1 N–H and O–H groups in total. The van der Waals surface area contributed by atoms with Crippen molar-refractivity contribution >= 4 is 16.9 Å². The Balaban J connectivity index is 2.36. The third-order valence-corrected chi connectivity index (χ3v) is 5.12. The Morgan fingerprint density at radius 1 is 1.18 bits per heavy atom. The number of amidine groups is 1. The van der Waals surface area contributed by atoms with E-state index >= 15 is 0 Å². The minimum Gasteiger partial charge on any atom is -0.365 e. The summed E-state index contributed by atoms with van der Waals surface area (Å²) in [6.45, 7) is 15.9. The highest BCUT2D eigenvalue weighted by molar-refractivity contribution is 8.14. The Labute approximate surface area is 111 Å². The molecule has 0 amide bonds. The Morgan fingerprint density at radius 2 is 1.76 bits per heavy atom. The van der Waals surface area contributed by atoms with Crippen LogP contribution in [0.1, 0.15) is 41.5 Å². The van der Waals surface area contributed by atoms with Crippen molar-refractivity contribution in [3.8, 4) is 0 Å². The van der Waals surface area contributed by atoms with E-state index < -0.39 is 0 Å². The van der Waals surface area contributed by atoms with Gasteiger partial charge in [0.1, 0.15) is 0 Å². The van der Waals surface area contributed by atoms with Gasteiger partial charge in [-0.25, -0.2) is 0 Å². The summed E-state index contributed by atoms with van der Waals surface area (Å²) in [5.74, 6) is 2.91. The van der Waals surface area contributed by atoms with E-state index in [0.717, 1.165) is 36.0 Å². The number of nitrogens with zero attached hydrogens (tertiary/aromatic N) is 1. The first-order chi connectivity index (χ1) is 7.91. The lowest BCUT2D eigenvalue weighted by atomic mass is 9.86. The zero-order chi connectivity index (χ0) is 13.0. The van der Waals surface area contributed by atoms with Crippen molar-refractivity contribution in [2.75, 3.05) is 13.1 Å². The average molecular weight is 256 g/mol. The molecule has 1 unspecified atom stereocenters. The molecule has 0 fully saturated rings. The highest BCUT2D eigenvalue weighted by atomic mass is 32.2. The summed E-state index contributed by atoms with van der Waals surface area (Å²) in [5, 5.41) is 5.38. The summed E-state index contributed by atoms with van der Waals surface area (Å²) in [6.07, 6.45) is 0. The lowest BCUT2D eigenvalue weighted by molar-refractivity contribution is 0.288. The topological polar surface area (TPSA) is 24.4 Å². The molecule has 17 heavy (non-hydrogen) atoms. The van der Waals surface area contributed by atoms with Crippen LogP contribution in [-0.4, -0.2) is 23.5 Å². The molecule has 1 aliphatic rings. The van der Waals surface area contributed by atoms with Crippen LogP contribution in [0, 0.1) is 23.7 Å². The molecule has 0 saturated carbocycles. The minimum atomic E-state index is 0.675. The highest BCUT2D eigenvalue weighted by Crippen LogP contribution is 2.26. The normalized spacial score (nSPS) is 20.8. The van der Waals surface area contributed by atoms with Crippen LogP contribution in [0.25, 0.3) is 0 Å². The van der Waals surface area contributed by atoms with E-state index in [1.54, 1.807) is 0 Å². The third kappa shape index (κ3) is 4.53. The largest absolute Gasteiger partial charge is 0.365 e. The van der Waals surface area contributed by atoms with Gasteiger partial charge in [0.15, 0.2) is 5.17 Å². The lowest BCUT2D eigenvalue weighted by Crippen LogP contribution is -2.32. The summed E-state index contributed by atoms with van der Waals surface area (Å²) < 4.78 is 0. The van der Waals surface area contributed by atoms with Crippen molar-refractivity contribution in [2.24, 2.45) is 28.7 Å². The molecule has 0 radical (unpaired) electrons. The summed E-state index contributed by atoms with van der Waals surface area (Å²) in [4.78, 5) is 4.60. The summed E-state index contributed by atoms with van der Waals surface area (Å²) in [7, 11) is 0. The van der Waals surface area contributed by atoms with E-state index in [1.165, 1.54) is 0 Å². The molecule has 0 aromatic carbocycles. The number of thioether (sulfide) groups is 1. The quantitative estimate of drug-likeness (QED) is 0.812. The molecule has 2 nitrogen and oxygen atoms in total. The molecule has 0 saturated heterocycles. The van der Waals surface area contributed by atoms with Crippen LogP contribution >= 0.6 is 11.8 Å². The van der Waals surface area contributed by atoms with Gasteiger partial charge in [0, 0.05) is 11.8 Å². The first-order valence-corrected chi connectivity index (χ1v) is 7.74. The van der Waals surface area contributed by atoms with Crippen molar-refractivity contribution in [3.05, 3.63) is 0 Å². The molecule has 0 spiro atoms. The maximum atomic E-state index is 4.60. The van der Waals surface area contributed by atoms with Crippen molar-refractivity contribution in [1.82, 2.24) is 5.32 Å². The number of nitrogens with one attached hydrogen (secondary N) is 1. The second-order valence-corrected chi connectivity index (χ2v) is 7.31. The third-order valence-electron chi connectivity index (χ3n) is 3.62. The molecule has 1 heterocycles. The van der Waals surface area contributed by atoms with E-state index in [1.807, 2.05) is 11.8 Å². The molecule has 0 bridgehead atoms. The molecule has 1 rings (SSSR count). The Bertz CT molecular complexity index is 251. The fraction of sp³-hybridized carbons (Fsp3) is 0.929. The zero-order valence-corrected chi connectivity index (χ0v) is 13.0. The van der Waals surface area contributed by atoms with Crippen LogP contribution in [0.3, 0.4) is 0 Å². The Kier molecular flexibility index (Phi) is 5.84. The lowest BCUT2D eigenvalue weighted by Gasteiger charge is -2.25. The fourth-order valence-electron chi connectivity index (χ4n) is 2.28. The maximum absolute atomic E-state index is 4.60. The van der Waals surface area contributed by atoms with Gasteiger partial charge in [0.25, 0.3) is 0 Å². The maximum Gasteiger partial charge on any atom is 0.156 e. The van der Waals surface area contributed by atoms with E-state index in [2.05, 4.69) is 51.9 Å². The van der Waals surface area contributed by atoms with Crippen LogP contribution < -0.4 is 5.32 Å². The molecule has 3 heteroatoms. The molecule has 0 aromatic heterocycles. The molecule has 100 valence electrons. The van der Waals surface area contributed by atoms with Crippen LogP contribution in [0.4, 0.5) is 0 Å². The van der Waals surface area contributed by atoms with Gasteiger partial charge in [-0.2, -0.15) is 0 Å². The van der Waals surface area contributed by atoms with Crippen molar-refractivity contribution in [2.45, 2.75) is 46.8 Å². The number of rotatable bonds is 5. The van der Waals surface area contributed by atoms with E-state index in [0.29, 0.717) is 11.2 Å². The summed E-state index contributed by atoms with van der Waals surface area (Å²) >= 11 is 1.92. The smallest absolute Gasteiger partial charge is 0.156 e. The monoisotopic (exact) mass is 256 g/mol. The zero-order valence-electron chi connectivity index (χ0n) is 12.2. The van der Waals surface area contributed by atoms with Gasteiger partial charge in [-0.05, 0) is 23.7 Å². The molecule has 1 aliphatic heterocycles. The Hall–Kier alpha value is -0.180. The predicted molar refractivity (Wildman–Crippen MR) is 79.7 cm³/mol. The standard InChI is InChI=1S/C14H28N2S/c1-9(2)12(10(3)4)7-15-14-16-8-13(17-14)11(5)6/h9-13H,7-8H2,1-6H3,(H,15,16). The average Bonchev–Trinajstić information content (AvgIpc) is 2.65. The van der Waals surface area contributed by atoms with Gasteiger partial charge in [0.05, 0.1) is 6.54 Å². The Morgan fingerprint density at radius 3 is 2.18 bits per heavy atom. The van der Waals surface area contributed by atoms with E-state index in [4.69, 9.17) is 0 Å². The van der Waals surface area contributed by atoms with Gasteiger partial charge in [0.2, 0.25) is 0 Å². The number of aliphatic imine (C=N–C) groups is 1. The van der Waals surface area contributed by atoms with E-state index in [9.17, 15) is 0 Å². The van der Waals surface area contributed by atoms with Crippen LogP contribution in [-0.2, 0) is 0 Å². The van der Waals surface area contributed by atoms with Crippen LogP contribution in [0.5, 0.6) is 0 Å². The van der Waals surface area contributed by atoms with Crippen LogP contribution in [0.2, 0.25) is 0 Å². The van der Waals surface area contributed by atoms with Crippen molar-refractivity contribution in [3.63, 3.8) is 0 Å².